The lowest BCUT2D eigenvalue weighted by atomic mass is 10.2. The van der Waals surface area contributed by atoms with Gasteiger partial charge in [0, 0.05) is 18.2 Å². The number of carboxylic acid groups (broad SMARTS) is 1. The minimum Gasteiger partial charge on any atom is -0.478 e. The number of aliphatic carboxylic acids is 1. The van der Waals surface area contributed by atoms with Gasteiger partial charge < -0.3 is 10.4 Å². The third kappa shape index (κ3) is 7.31. The maximum Gasteiger partial charge on any atom is 0.328 e. The Morgan fingerprint density at radius 3 is 2.50 bits per heavy atom. The van der Waals surface area contributed by atoms with Crippen LogP contribution in [-0.2, 0) is 9.59 Å². The van der Waals surface area contributed by atoms with Crippen LogP contribution in [0.25, 0.3) is 0 Å². The van der Waals surface area contributed by atoms with Crippen LogP contribution in [0.5, 0.6) is 0 Å². The molecular weight excluding hydrogens is 212 g/mol. The zero-order valence-corrected chi connectivity index (χ0v) is 8.90. The molecule has 0 aliphatic carbocycles. The van der Waals surface area contributed by atoms with Crippen LogP contribution in [0.3, 0.4) is 0 Å². The van der Waals surface area contributed by atoms with Crippen molar-refractivity contribution >= 4 is 17.9 Å². The lowest BCUT2D eigenvalue weighted by Gasteiger charge is -2.10. The van der Waals surface area contributed by atoms with Crippen LogP contribution >= 0.6 is 0 Å². The number of hydrogen-bond donors (Lipinski definition) is 3. The van der Waals surface area contributed by atoms with Crippen LogP contribution in [0.15, 0.2) is 24.8 Å². The first kappa shape index (κ1) is 13.9. The standard InChI is InChI=1S/C10H14N2O4/c1-3-4-7(2)11-10(16)12-8(13)5-6-9(14)15/h3,5-7H,1,4H2,2H3,(H,14,15)(H2,11,12,13,16)/b6-5+. The number of carbonyl (C=O) groups is 3. The van der Waals surface area contributed by atoms with E-state index in [4.69, 9.17) is 5.11 Å². The lowest BCUT2D eigenvalue weighted by molar-refractivity contribution is -0.131. The predicted molar refractivity (Wildman–Crippen MR) is 57.7 cm³/mol. The van der Waals surface area contributed by atoms with Crippen LogP contribution in [0.2, 0.25) is 0 Å². The van der Waals surface area contributed by atoms with Gasteiger partial charge in [0.05, 0.1) is 0 Å². The first-order valence-corrected chi connectivity index (χ1v) is 4.59. The minimum absolute atomic E-state index is 0.145. The molecule has 6 nitrogen and oxygen atoms in total. The molecule has 0 aliphatic heterocycles. The molecule has 1 unspecified atom stereocenters. The van der Waals surface area contributed by atoms with Crippen molar-refractivity contribution in [3.63, 3.8) is 0 Å². The minimum atomic E-state index is -1.25. The van der Waals surface area contributed by atoms with Gasteiger partial charge in [0.15, 0.2) is 0 Å². The molecule has 0 saturated carbocycles. The fourth-order valence-corrected chi connectivity index (χ4v) is 0.869. The Hall–Kier alpha value is -2.11. The summed E-state index contributed by atoms with van der Waals surface area (Å²) in [7, 11) is 0. The average molecular weight is 226 g/mol. The van der Waals surface area contributed by atoms with E-state index in [1.165, 1.54) is 0 Å². The quantitative estimate of drug-likeness (QED) is 0.467. The van der Waals surface area contributed by atoms with Crippen molar-refractivity contribution in [2.75, 3.05) is 0 Å². The van der Waals surface area contributed by atoms with Gasteiger partial charge in [-0.3, -0.25) is 10.1 Å². The normalized spacial score (nSPS) is 11.8. The van der Waals surface area contributed by atoms with Gasteiger partial charge in [0.25, 0.3) is 5.91 Å². The molecule has 1 atom stereocenters. The van der Waals surface area contributed by atoms with E-state index in [9.17, 15) is 14.4 Å². The summed E-state index contributed by atoms with van der Waals surface area (Å²) in [4.78, 5) is 32.2. The highest BCUT2D eigenvalue weighted by Gasteiger charge is 2.07. The summed E-state index contributed by atoms with van der Waals surface area (Å²) in [5, 5.41) is 12.7. The van der Waals surface area contributed by atoms with Crippen molar-refractivity contribution in [2.24, 2.45) is 0 Å². The number of nitrogens with one attached hydrogen (secondary N) is 2. The second-order valence-electron chi connectivity index (χ2n) is 3.06. The maximum absolute atomic E-state index is 11.1. The molecule has 0 radical (unpaired) electrons. The van der Waals surface area contributed by atoms with Crippen LogP contribution in [0.1, 0.15) is 13.3 Å². The van der Waals surface area contributed by atoms with E-state index in [1.807, 2.05) is 5.32 Å². The topological polar surface area (TPSA) is 95.5 Å². The fraction of sp³-hybridized carbons (Fsp3) is 0.300. The van der Waals surface area contributed by atoms with E-state index in [-0.39, 0.29) is 6.04 Å². The zero-order chi connectivity index (χ0) is 12.6. The number of rotatable bonds is 5. The molecule has 88 valence electrons. The predicted octanol–water partition coefficient (Wildman–Crippen LogP) is 0.418. The van der Waals surface area contributed by atoms with Crippen molar-refractivity contribution in [1.29, 1.82) is 0 Å². The molecule has 0 saturated heterocycles. The Morgan fingerprint density at radius 1 is 1.38 bits per heavy atom. The fourth-order valence-electron chi connectivity index (χ4n) is 0.869. The van der Waals surface area contributed by atoms with Gasteiger partial charge in [-0.25, -0.2) is 9.59 Å². The Morgan fingerprint density at radius 2 is 2.00 bits per heavy atom. The molecule has 0 spiro atoms. The van der Waals surface area contributed by atoms with Gasteiger partial charge in [-0.15, -0.1) is 6.58 Å². The summed E-state index contributed by atoms with van der Waals surface area (Å²) in [5.74, 6) is -2.04. The monoisotopic (exact) mass is 226 g/mol. The number of imide groups is 1. The smallest absolute Gasteiger partial charge is 0.328 e. The molecule has 3 N–H and O–H groups in total. The van der Waals surface area contributed by atoms with Crippen LogP contribution < -0.4 is 10.6 Å². The van der Waals surface area contributed by atoms with E-state index in [2.05, 4.69) is 11.9 Å². The number of urea groups is 1. The molecule has 0 rings (SSSR count). The maximum atomic E-state index is 11.1. The molecule has 0 fully saturated rings. The van der Waals surface area contributed by atoms with Crippen molar-refractivity contribution in [1.82, 2.24) is 10.6 Å². The van der Waals surface area contributed by atoms with E-state index < -0.39 is 17.9 Å². The molecule has 0 aromatic heterocycles. The highest BCUT2D eigenvalue weighted by molar-refractivity contribution is 6.02. The van der Waals surface area contributed by atoms with Crippen molar-refractivity contribution in [2.45, 2.75) is 19.4 Å². The molecule has 6 heteroatoms. The molecule has 0 bridgehead atoms. The second-order valence-corrected chi connectivity index (χ2v) is 3.06. The lowest BCUT2D eigenvalue weighted by Crippen LogP contribution is -2.42. The molecule has 16 heavy (non-hydrogen) atoms. The summed E-state index contributed by atoms with van der Waals surface area (Å²) in [6.45, 7) is 5.25. The Bertz CT molecular complexity index is 323. The van der Waals surface area contributed by atoms with Crippen molar-refractivity contribution < 1.29 is 19.5 Å². The number of amides is 3. The van der Waals surface area contributed by atoms with E-state index in [0.29, 0.717) is 12.5 Å². The van der Waals surface area contributed by atoms with Crippen molar-refractivity contribution in [3.8, 4) is 0 Å². The summed E-state index contributed by atoms with van der Waals surface area (Å²) < 4.78 is 0. The van der Waals surface area contributed by atoms with Gasteiger partial charge in [0.1, 0.15) is 0 Å². The first-order chi connectivity index (χ1) is 7.45. The van der Waals surface area contributed by atoms with E-state index >= 15 is 0 Å². The first-order valence-electron chi connectivity index (χ1n) is 4.59. The Labute approximate surface area is 93.0 Å². The summed E-state index contributed by atoms with van der Waals surface area (Å²) in [6, 6.07) is -0.817. The summed E-state index contributed by atoms with van der Waals surface area (Å²) in [6.07, 6.45) is 3.62. The van der Waals surface area contributed by atoms with Crippen LogP contribution in [-0.4, -0.2) is 29.1 Å². The SMILES string of the molecule is C=CCC(C)NC(=O)NC(=O)/C=C/C(=O)O. The molecule has 0 aliphatic rings. The molecule has 3 amide bonds. The third-order valence-corrected chi connectivity index (χ3v) is 1.51. The van der Waals surface area contributed by atoms with Gasteiger partial charge >= 0.3 is 12.0 Å². The number of carboxylic acids is 1. The molecule has 0 aromatic carbocycles. The van der Waals surface area contributed by atoms with Gasteiger partial charge in [-0.05, 0) is 13.3 Å². The Balaban J connectivity index is 4.00. The van der Waals surface area contributed by atoms with Gasteiger partial charge in [-0.2, -0.15) is 0 Å². The van der Waals surface area contributed by atoms with E-state index in [1.54, 1.807) is 13.0 Å². The van der Waals surface area contributed by atoms with Crippen LogP contribution in [0.4, 0.5) is 4.79 Å². The van der Waals surface area contributed by atoms with Gasteiger partial charge in [0.2, 0.25) is 0 Å². The highest BCUT2D eigenvalue weighted by atomic mass is 16.4. The summed E-state index contributed by atoms with van der Waals surface area (Å²) in [5.41, 5.74) is 0. The molecule has 0 aromatic rings. The van der Waals surface area contributed by atoms with Crippen LogP contribution in [0, 0.1) is 0 Å². The third-order valence-electron chi connectivity index (χ3n) is 1.51. The summed E-state index contributed by atoms with van der Waals surface area (Å²) >= 11 is 0. The van der Waals surface area contributed by atoms with Gasteiger partial charge in [-0.1, -0.05) is 6.08 Å². The number of hydrogen-bond acceptors (Lipinski definition) is 3. The largest absolute Gasteiger partial charge is 0.478 e. The molecular formula is C10H14N2O4. The second kappa shape index (κ2) is 7.22. The van der Waals surface area contributed by atoms with Crippen molar-refractivity contribution in [3.05, 3.63) is 24.8 Å². The zero-order valence-electron chi connectivity index (χ0n) is 8.90. The van der Waals surface area contributed by atoms with E-state index in [0.717, 1.165) is 6.08 Å². The number of carbonyl (C=O) groups excluding carboxylic acids is 2. The Kier molecular flexibility index (Phi) is 6.27. The molecule has 0 heterocycles. The highest BCUT2D eigenvalue weighted by Crippen LogP contribution is 1.89. The average Bonchev–Trinajstić information content (AvgIpc) is 2.14.